The molecule has 20 heavy (non-hydrogen) atoms. The molecule has 2 N–H and O–H groups in total. The molecular formula is C15H18N2O3. The SMILES string of the molecule is CC1CC(Nc2ccc3c(c2)CCCC(=O)N3)C(=O)O1. The quantitative estimate of drug-likeness (QED) is 0.810. The van der Waals surface area contributed by atoms with Gasteiger partial charge in [-0.05, 0) is 43.5 Å². The third-order valence-electron chi connectivity index (χ3n) is 3.74. The average molecular weight is 274 g/mol. The molecule has 1 aromatic carbocycles. The number of carbonyl (C=O) groups is 2. The lowest BCUT2D eigenvalue weighted by molar-refractivity contribution is -0.141. The zero-order chi connectivity index (χ0) is 14.1. The van der Waals surface area contributed by atoms with E-state index in [1.54, 1.807) is 0 Å². The highest BCUT2D eigenvalue weighted by Crippen LogP contribution is 2.27. The van der Waals surface area contributed by atoms with Gasteiger partial charge in [0.1, 0.15) is 12.1 Å². The maximum atomic E-state index is 11.6. The van der Waals surface area contributed by atoms with Gasteiger partial charge in [-0.3, -0.25) is 4.79 Å². The van der Waals surface area contributed by atoms with Gasteiger partial charge in [0.15, 0.2) is 0 Å². The van der Waals surface area contributed by atoms with E-state index >= 15 is 0 Å². The fourth-order valence-electron chi connectivity index (χ4n) is 2.74. The van der Waals surface area contributed by atoms with Crippen LogP contribution in [0.3, 0.4) is 0 Å². The van der Waals surface area contributed by atoms with Crippen molar-refractivity contribution in [3.8, 4) is 0 Å². The highest BCUT2D eigenvalue weighted by atomic mass is 16.6. The van der Waals surface area contributed by atoms with Gasteiger partial charge in [-0.1, -0.05) is 0 Å². The number of ether oxygens (including phenoxy) is 1. The van der Waals surface area contributed by atoms with E-state index in [0.717, 1.165) is 29.8 Å². The minimum Gasteiger partial charge on any atom is -0.461 e. The molecule has 1 amide bonds. The summed E-state index contributed by atoms with van der Waals surface area (Å²) in [7, 11) is 0. The molecule has 1 aromatic rings. The van der Waals surface area contributed by atoms with Crippen LogP contribution in [0.4, 0.5) is 11.4 Å². The van der Waals surface area contributed by atoms with Crippen molar-refractivity contribution in [3.05, 3.63) is 23.8 Å². The second-order valence-electron chi connectivity index (χ2n) is 5.45. The fourth-order valence-corrected chi connectivity index (χ4v) is 2.74. The van der Waals surface area contributed by atoms with Gasteiger partial charge < -0.3 is 15.4 Å². The maximum Gasteiger partial charge on any atom is 0.328 e. The molecule has 106 valence electrons. The molecule has 0 radical (unpaired) electrons. The summed E-state index contributed by atoms with van der Waals surface area (Å²) in [6, 6.07) is 5.52. The summed E-state index contributed by atoms with van der Waals surface area (Å²) in [6.07, 6.45) is 2.94. The number of amides is 1. The number of rotatable bonds is 2. The van der Waals surface area contributed by atoms with Gasteiger partial charge in [0.25, 0.3) is 0 Å². The van der Waals surface area contributed by atoms with Crippen molar-refractivity contribution in [1.82, 2.24) is 0 Å². The highest BCUT2D eigenvalue weighted by molar-refractivity contribution is 5.92. The summed E-state index contributed by atoms with van der Waals surface area (Å²) < 4.78 is 5.13. The zero-order valence-electron chi connectivity index (χ0n) is 11.4. The average Bonchev–Trinajstić information content (AvgIpc) is 2.59. The van der Waals surface area contributed by atoms with E-state index in [0.29, 0.717) is 12.8 Å². The second kappa shape index (κ2) is 5.15. The van der Waals surface area contributed by atoms with E-state index in [9.17, 15) is 9.59 Å². The first-order chi connectivity index (χ1) is 9.61. The van der Waals surface area contributed by atoms with Gasteiger partial charge >= 0.3 is 5.97 Å². The number of benzene rings is 1. The lowest BCUT2D eigenvalue weighted by Gasteiger charge is -2.13. The number of esters is 1. The van der Waals surface area contributed by atoms with Gasteiger partial charge in [-0.25, -0.2) is 4.79 Å². The van der Waals surface area contributed by atoms with Gasteiger partial charge in [-0.15, -0.1) is 0 Å². The van der Waals surface area contributed by atoms with E-state index in [-0.39, 0.29) is 24.0 Å². The Kier molecular flexibility index (Phi) is 3.34. The maximum absolute atomic E-state index is 11.6. The molecule has 0 bridgehead atoms. The lowest BCUT2D eigenvalue weighted by atomic mass is 10.1. The van der Waals surface area contributed by atoms with Crippen molar-refractivity contribution in [2.75, 3.05) is 10.6 Å². The number of hydrogen-bond acceptors (Lipinski definition) is 4. The van der Waals surface area contributed by atoms with E-state index in [1.165, 1.54) is 0 Å². The Morgan fingerprint density at radius 1 is 1.30 bits per heavy atom. The number of anilines is 2. The molecule has 5 nitrogen and oxygen atoms in total. The third kappa shape index (κ3) is 2.61. The van der Waals surface area contributed by atoms with Crippen LogP contribution in [0.25, 0.3) is 0 Å². The fraction of sp³-hybridized carbons (Fsp3) is 0.467. The van der Waals surface area contributed by atoms with Crippen molar-refractivity contribution in [3.63, 3.8) is 0 Å². The highest BCUT2D eigenvalue weighted by Gasteiger charge is 2.31. The Morgan fingerprint density at radius 2 is 2.15 bits per heavy atom. The lowest BCUT2D eigenvalue weighted by Crippen LogP contribution is -2.24. The van der Waals surface area contributed by atoms with Crippen LogP contribution < -0.4 is 10.6 Å². The van der Waals surface area contributed by atoms with E-state index in [1.807, 2.05) is 25.1 Å². The first-order valence-electron chi connectivity index (χ1n) is 7.01. The zero-order valence-corrected chi connectivity index (χ0v) is 11.4. The second-order valence-corrected chi connectivity index (χ2v) is 5.45. The molecule has 1 fully saturated rings. The third-order valence-corrected chi connectivity index (χ3v) is 3.74. The van der Waals surface area contributed by atoms with Gasteiger partial charge in [-0.2, -0.15) is 0 Å². The summed E-state index contributed by atoms with van der Waals surface area (Å²) in [5.74, 6) is -0.126. The van der Waals surface area contributed by atoms with Crippen LogP contribution in [-0.2, 0) is 20.7 Å². The van der Waals surface area contributed by atoms with Crippen molar-refractivity contribution >= 4 is 23.3 Å². The van der Waals surface area contributed by atoms with Crippen LogP contribution >= 0.6 is 0 Å². The van der Waals surface area contributed by atoms with Crippen LogP contribution in [0.15, 0.2) is 18.2 Å². The smallest absolute Gasteiger partial charge is 0.328 e. The minimum atomic E-state index is -0.275. The van der Waals surface area contributed by atoms with Gasteiger partial charge in [0.2, 0.25) is 5.91 Å². The number of fused-ring (bicyclic) bond motifs is 1. The Hall–Kier alpha value is -2.04. The molecule has 2 aliphatic rings. The van der Waals surface area contributed by atoms with Crippen LogP contribution in [0.5, 0.6) is 0 Å². The molecular weight excluding hydrogens is 256 g/mol. The normalized spacial score (nSPS) is 25.4. The monoisotopic (exact) mass is 274 g/mol. The molecule has 1 saturated heterocycles. The topological polar surface area (TPSA) is 67.4 Å². The standard InChI is InChI=1S/C15H18N2O3/c1-9-7-13(15(19)20-9)16-11-5-6-12-10(8-11)3-2-4-14(18)17-12/h5-6,8-9,13,16H,2-4,7H2,1H3,(H,17,18). The summed E-state index contributed by atoms with van der Waals surface area (Å²) in [6.45, 7) is 1.89. The molecule has 2 heterocycles. The number of aryl methyl sites for hydroxylation is 1. The molecule has 0 saturated carbocycles. The van der Waals surface area contributed by atoms with Crippen molar-refractivity contribution in [2.45, 2.75) is 44.8 Å². The van der Waals surface area contributed by atoms with Crippen LogP contribution in [0.1, 0.15) is 31.7 Å². The summed E-state index contributed by atoms with van der Waals surface area (Å²) >= 11 is 0. The van der Waals surface area contributed by atoms with Crippen LogP contribution in [-0.4, -0.2) is 24.0 Å². The molecule has 2 aliphatic heterocycles. The molecule has 0 aliphatic carbocycles. The Morgan fingerprint density at radius 3 is 2.90 bits per heavy atom. The number of carbonyl (C=O) groups excluding carboxylic acids is 2. The predicted octanol–water partition coefficient (Wildman–Crippen LogP) is 2.08. The molecule has 0 spiro atoms. The Bertz CT molecular complexity index is 556. The van der Waals surface area contributed by atoms with E-state index in [4.69, 9.17) is 4.74 Å². The van der Waals surface area contributed by atoms with Gasteiger partial charge in [0, 0.05) is 24.2 Å². The van der Waals surface area contributed by atoms with Crippen molar-refractivity contribution < 1.29 is 14.3 Å². The number of cyclic esters (lactones) is 1. The minimum absolute atomic E-state index is 0.0277. The van der Waals surface area contributed by atoms with Gasteiger partial charge in [0.05, 0.1) is 0 Å². The summed E-state index contributed by atoms with van der Waals surface area (Å²) in [5.41, 5.74) is 2.89. The van der Waals surface area contributed by atoms with E-state index < -0.39 is 0 Å². The molecule has 0 aromatic heterocycles. The summed E-state index contributed by atoms with van der Waals surface area (Å²) in [5, 5.41) is 6.12. The molecule has 2 atom stereocenters. The van der Waals surface area contributed by atoms with E-state index in [2.05, 4.69) is 10.6 Å². The molecule has 2 unspecified atom stereocenters. The first-order valence-corrected chi connectivity index (χ1v) is 7.01. The largest absolute Gasteiger partial charge is 0.461 e. The van der Waals surface area contributed by atoms with Crippen molar-refractivity contribution in [1.29, 1.82) is 0 Å². The molecule has 3 rings (SSSR count). The Balaban J connectivity index is 1.77. The molecule has 5 heteroatoms. The van der Waals surface area contributed by atoms with Crippen LogP contribution in [0.2, 0.25) is 0 Å². The first kappa shape index (κ1) is 13.0. The van der Waals surface area contributed by atoms with Crippen molar-refractivity contribution in [2.24, 2.45) is 0 Å². The Labute approximate surface area is 117 Å². The predicted molar refractivity (Wildman–Crippen MR) is 75.6 cm³/mol. The number of hydrogen-bond donors (Lipinski definition) is 2. The number of nitrogens with one attached hydrogen (secondary N) is 2. The summed E-state index contributed by atoms with van der Waals surface area (Å²) in [4.78, 5) is 23.1. The van der Waals surface area contributed by atoms with Crippen LogP contribution in [0, 0.1) is 0 Å².